The predicted molar refractivity (Wildman–Crippen MR) is 54.2 cm³/mol. The predicted octanol–water partition coefficient (Wildman–Crippen LogP) is 2.07. The van der Waals surface area contributed by atoms with E-state index in [0.29, 0.717) is 18.4 Å². The van der Waals surface area contributed by atoms with Crippen LogP contribution in [0, 0.1) is 0 Å². The molecule has 0 aromatic heterocycles. The van der Waals surface area contributed by atoms with Crippen LogP contribution in [0.1, 0.15) is 12.0 Å². The molecular weight excluding hydrogens is 257 g/mol. The average Bonchev–Trinajstić information content (AvgIpc) is 2.25. The fraction of sp³-hybridized carbons (Fsp3) is 0.300. The number of hydrogen-bond donors (Lipinski definition) is 0. The third-order valence-electron chi connectivity index (χ3n) is 2.05. The lowest BCUT2D eigenvalue weighted by molar-refractivity contribution is -0.137. The third-order valence-corrected chi connectivity index (χ3v) is 3.81. The van der Waals surface area contributed by atoms with Crippen LogP contribution in [-0.2, 0) is 20.8 Å². The largest absolute Gasteiger partial charge is 0.416 e. The van der Waals surface area contributed by atoms with Crippen LogP contribution < -0.4 is 0 Å². The van der Waals surface area contributed by atoms with Crippen molar-refractivity contribution >= 4 is 16.1 Å². The highest BCUT2D eigenvalue weighted by atomic mass is 32.2. The van der Waals surface area contributed by atoms with Gasteiger partial charge in [0.25, 0.3) is 0 Å². The molecule has 0 fully saturated rings. The zero-order valence-corrected chi connectivity index (χ0v) is 9.38. The summed E-state index contributed by atoms with van der Waals surface area (Å²) in [6.07, 6.45) is -4.23. The Morgan fingerprint density at radius 3 is 2.06 bits per heavy atom. The molecule has 0 saturated heterocycles. The minimum Gasteiger partial charge on any atom is -0.303 e. The lowest BCUT2D eigenvalue weighted by atomic mass is 10.2. The number of rotatable bonds is 4. The molecule has 0 bridgehead atoms. The first kappa shape index (κ1) is 13.7. The minimum atomic E-state index is -4.49. The molecule has 1 rings (SSSR count). The molecule has 3 nitrogen and oxygen atoms in total. The molecule has 17 heavy (non-hydrogen) atoms. The average molecular weight is 266 g/mol. The van der Waals surface area contributed by atoms with Crippen LogP contribution in [0.25, 0.3) is 0 Å². The van der Waals surface area contributed by atoms with Crippen molar-refractivity contribution in [3.05, 3.63) is 29.8 Å². The summed E-state index contributed by atoms with van der Waals surface area (Å²) in [6.45, 7) is 0. The SMILES string of the molecule is O=CCCS(=O)(=O)c1ccc(C(F)(F)F)cc1. The van der Waals surface area contributed by atoms with Gasteiger partial charge < -0.3 is 4.79 Å². The number of carbonyl (C=O) groups is 1. The van der Waals surface area contributed by atoms with Crippen LogP contribution in [0.2, 0.25) is 0 Å². The van der Waals surface area contributed by atoms with Gasteiger partial charge in [-0.25, -0.2) is 8.42 Å². The molecule has 0 amide bonds. The van der Waals surface area contributed by atoms with Gasteiger partial charge in [-0.15, -0.1) is 0 Å². The molecule has 0 unspecified atom stereocenters. The van der Waals surface area contributed by atoms with Gasteiger partial charge in [-0.2, -0.15) is 13.2 Å². The summed E-state index contributed by atoms with van der Waals surface area (Å²) in [5.41, 5.74) is -0.910. The Hall–Kier alpha value is -1.37. The highest BCUT2D eigenvalue weighted by Gasteiger charge is 2.30. The van der Waals surface area contributed by atoms with Gasteiger partial charge in [0.05, 0.1) is 16.2 Å². The summed E-state index contributed by atoms with van der Waals surface area (Å²) in [5, 5.41) is 0. The minimum absolute atomic E-state index is 0.177. The Bertz CT molecular complexity index is 489. The first-order valence-electron chi connectivity index (χ1n) is 4.61. The Morgan fingerprint density at radius 2 is 1.65 bits per heavy atom. The lowest BCUT2D eigenvalue weighted by Gasteiger charge is -2.07. The van der Waals surface area contributed by atoms with E-state index >= 15 is 0 Å². The maximum absolute atomic E-state index is 12.2. The quantitative estimate of drug-likeness (QED) is 0.784. The summed E-state index contributed by atoms with van der Waals surface area (Å²) in [7, 11) is -3.68. The van der Waals surface area contributed by atoms with Crippen molar-refractivity contribution in [2.75, 3.05) is 5.75 Å². The monoisotopic (exact) mass is 266 g/mol. The first-order chi connectivity index (χ1) is 7.77. The van der Waals surface area contributed by atoms with Gasteiger partial charge >= 0.3 is 6.18 Å². The molecule has 0 saturated carbocycles. The second-order valence-electron chi connectivity index (χ2n) is 3.30. The molecular formula is C10H9F3O3S. The molecule has 0 heterocycles. The number of benzene rings is 1. The van der Waals surface area contributed by atoms with Crippen LogP contribution >= 0.6 is 0 Å². The Morgan fingerprint density at radius 1 is 1.12 bits per heavy atom. The first-order valence-corrected chi connectivity index (χ1v) is 6.26. The molecule has 0 aliphatic carbocycles. The van der Waals surface area contributed by atoms with Crippen LogP contribution in [0.4, 0.5) is 13.2 Å². The smallest absolute Gasteiger partial charge is 0.303 e. The van der Waals surface area contributed by atoms with Crippen molar-refractivity contribution in [2.24, 2.45) is 0 Å². The van der Waals surface area contributed by atoms with Gasteiger partial charge in [0, 0.05) is 6.42 Å². The van der Waals surface area contributed by atoms with Crippen LogP contribution in [-0.4, -0.2) is 20.5 Å². The number of hydrogen-bond acceptors (Lipinski definition) is 3. The van der Waals surface area contributed by atoms with Gasteiger partial charge in [0.2, 0.25) is 0 Å². The summed E-state index contributed by atoms with van der Waals surface area (Å²) < 4.78 is 59.7. The number of halogens is 3. The van der Waals surface area contributed by atoms with Crippen molar-refractivity contribution < 1.29 is 26.4 Å². The van der Waals surface area contributed by atoms with Gasteiger partial charge in [0.1, 0.15) is 6.29 Å². The van der Waals surface area contributed by atoms with E-state index in [2.05, 4.69) is 0 Å². The summed E-state index contributed by atoms with van der Waals surface area (Å²) in [5.74, 6) is -0.401. The topological polar surface area (TPSA) is 51.2 Å². The summed E-state index contributed by atoms with van der Waals surface area (Å²) in [4.78, 5) is 9.84. The lowest BCUT2D eigenvalue weighted by Crippen LogP contribution is -2.09. The Balaban J connectivity index is 2.99. The standard InChI is InChI=1S/C10H9F3O3S/c11-10(12,13)8-2-4-9(5-3-8)17(15,16)7-1-6-14/h2-6H,1,7H2. The number of sulfone groups is 1. The highest BCUT2D eigenvalue weighted by molar-refractivity contribution is 7.91. The van der Waals surface area contributed by atoms with Gasteiger partial charge in [-0.1, -0.05) is 0 Å². The summed E-state index contributed by atoms with van der Waals surface area (Å²) in [6, 6.07) is 3.19. The van der Waals surface area contributed by atoms with E-state index in [9.17, 15) is 26.4 Å². The van der Waals surface area contributed by atoms with Crippen molar-refractivity contribution in [1.29, 1.82) is 0 Å². The summed E-state index contributed by atoms with van der Waals surface area (Å²) >= 11 is 0. The highest BCUT2D eigenvalue weighted by Crippen LogP contribution is 2.29. The maximum Gasteiger partial charge on any atom is 0.416 e. The Kier molecular flexibility index (Phi) is 3.92. The number of alkyl halides is 3. The molecule has 0 aliphatic heterocycles. The molecule has 1 aromatic carbocycles. The van der Waals surface area contributed by atoms with E-state index < -0.39 is 27.3 Å². The van der Waals surface area contributed by atoms with Crippen molar-refractivity contribution in [3.63, 3.8) is 0 Å². The molecule has 0 radical (unpaired) electrons. The molecule has 0 atom stereocenters. The van der Waals surface area contributed by atoms with Crippen molar-refractivity contribution in [3.8, 4) is 0 Å². The van der Waals surface area contributed by atoms with E-state index in [1.165, 1.54) is 0 Å². The third kappa shape index (κ3) is 3.55. The van der Waals surface area contributed by atoms with Gasteiger partial charge in [-0.05, 0) is 24.3 Å². The van der Waals surface area contributed by atoms with Crippen LogP contribution in [0.3, 0.4) is 0 Å². The molecule has 94 valence electrons. The maximum atomic E-state index is 12.2. The second kappa shape index (κ2) is 4.87. The van der Waals surface area contributed by atoms with Crippen molar-refractivity contribution in [2.45, 2.75) is 17.5 Å². The van der Waals surface area contributed by atoms with Crippen molar-refractivity contribution in [1.82, 2.24) is 0 Å². The molecule has 0 aliphatic rings. The molecule has 1 aromatic rings. The molecule has 0 spiro atoms. The van der Waals surface area contributed by atoms with Crippen LogP contribution in [0.5, 0.6) is 0 Å². The van der Waals surface area contributed by atoms with E-state index in [0.717, 1.165) is 12.1 Å². The fourth-order valence-electron chi connectivity index (χ4n) is 1.17. The number of carbonyl (C=O) groups excluding carboxylic acids is 1. The van der Waals surface area contributed by atoms with Gasteiger partial charge in [0.15, 0.2) is 9.84 Å². The molecule has 0 N–H and O–H groups in total. The fourth-order valence-corrected chi connectivity index (χ4v) is 2.37. The normalized spacial score (nSPS) is 12.4. The van der Waals surface area contributed by atoms with Crippen LogP contribution in [0.15, 0.2) is 29.2 Å². The van der Waals surface area contributed by atoms with E-state index in [1.807, 2.05) is 0 Å². The number of aldehydes is 1. The zero-order chi connectivity index (χ0) is 13.1. The van der Waals surface area contributed by atoms with Gasteiger partial charge in [-0.3, -0.25) is 0 Å². The zero-order valence-electron chi connectivity index (χ0n) is 8.57. The van der Waals surface area contributed by atoms with E-state index in [-0.39, 0.29) is 11.3 Å². The van der Waals surface area contributed by atoms with E-state index in [4.69, 9.17) is 0 Å². The van der Waals surface area contributed by atoms with E-state index in [1.54, 1.807) is 0 Å². The Labute approximate surface area is 96.2 Å². The second-order valence-corrected chi connectivity index (χ2v) is 5.41. The molecule has 7 heteroatoms.